The molecule has 5 nitrogen and oxygen atoms in total. The van der Waals surface area contributed by atoms with E-state index < -0.39 is 15.9 Å². The van der Waals surface area contributed by atoms with Gasteiger partial charge in [-0.2, -0.15) is 0 Å². The molecule has 16 heavy (non-hydrogen) atoms. The van der Waals surface area contributed by atoms with Gasteiger partial charge in [0.2, 0.25) is 0 Å². The van der Waals surface area contributed by atoms with E-state index in [4.69, 9.17) is 5.11 Å². The molecule has 0 saturated heterocycles. The minimum atomic E-state index is -3.16. The number of hydrogen-bond acceptors (Lipinski definition) is 3. The van der Waals surface area contributed by atoms with Gasteiger partial charge in [-0.3, -0.25) is 0 Å². The predicted octanol–water partition coefficient (Wildman–Crippen LogP) is 0.900. The maximum absolute atomic E-state index is 11.2. The topological polar surface area (TPSA) is 83.5 Å². The highest BCUT2D eigenvalue weighted by molar-refractivity contribution is 7.90. The lowest BCUT2D eigenvalue weighted by Crippen LogP contribution is -2.23. The fourth-order valence-electron chi connectivity index (χ4n) is 1.22. The summed E-state index contributed by atoms with van der Waals surface area (Å²) in [4.78, 5) is 10.5. The van der Waals surface area contributed by atoms with Crippen molar-refractivity contribution in [1.29, 1.82) is 0 Å². The average Bonchev–Trinajstić information content (AvgIpc) is 2.16. The molecule has 2 N–H and O–H groups in total. The molecule has 0 atom stereocenters. The van der Waals surface area contributed by atoms with Gasteiger partial charge in [0.05, 0.1) is 4.90 Å². The number of nitrogens with one attached hydrogen (secondary N) is 1. The SMILES string of the molecule is CS(=O)(=O)c1ccc(CCNC(=O)O)cc1. The lowest BCUT2D eigenvalue weighted by molar-refractivity contribution is 0.194. The molecule has 0 aliphatic carbocycles. The second-order valence-corrected chi connectivity index (χ2v) is 5.41. The smallest absolute Gasteiger partial charge is 0.404 e. The van der Waals surface area contributed by atoms with E-state index in [2.05, 4.69) is 5.32 Å². The summed E-state index contributed by atoms with van der Waals surface area (Å²) in [5.41, 5.74) is 0.890. The normalized spacial score (nSPS) is 11.1. The summed E-state index contributed by atoms with van der Waals surface area (Å²) in [5, 5.41) is 10.6. The summed E-state index contributed by atoms with van der Waals surface area (Å²) in [6.45, 7) is 0.313. The largest absolute Gasteiger partial charge is 0.465 e. The van der Waals surface area contributed by atoms with Gasteiger partial charge in [-0.15, -0.1) is 0 Å². The Labute approximate surface area is 94.0 Å². The maximum Gasteiger partial charge on any atom is 0.404 e. The molecule has 0 aliphatic heterocycles. The molecule has 0 aromatic heterocycles. The molecule has 0 aliphatic rings. The Kier molecular flexibility index (Phi) is 3.89. The molecule has 0 radical (unpaired) electrons. The molecular formula is C10H13NO4S. The van der Waals surface area contributed by atoms with E-state index in [1.54, 1.807) is 12.1 Å². The second kappa shape index (κ2) is 4.98. The number of sulfone groups is 1. The van der Waals surface area contributed by atoms with Gasteiger partial charge < -0.3 is 10.4 Å². The van der Waals surface area contributed by atoms with Gasteiger partial charge >= 0.3 is 6.09 Å². The second-order valence-electron chi connectivity index (χ2n) is 3.40. The quantitative estimate of drug-likeness (QED) is 0.823. The zero-order valence-corrected chi connectivity index (χ0v) is 9.62. The standard InChI is InChI=1S/C10H13NO4S/c1-16(14,15)9-4-2-8(3-5-9)6-7-11-10(12)13/h2-5,11H,6-7H2,1H3,(H,12,13). The highest BCUT2D eigenvalue weighted by Gasteiger charge is 2.05. The molecule has 0 unspecified atom stereocenters. The van der Waals surface area contributed by atoms with Crippen LogP contribution < -0.4 is 5.32 Å². The molecule has 1 aromatic rings. The molecule has 0 spiro atoms. The molecule has 0 fully saturated rings. The van der Waals surface area contributed by atoms with Crippen LogP contribution in [0.15, 0.2) is 29.2 Å². The van der Waals surface area contributed by atoms with Crippen LogP contribution >= 0.6 is 0 Å². The van der Waals surface area contributed by atoms with E-state index >= 15 is 0 Å². The summed E-state index contributed by atoms with van der Waals surface area (Å²) in [5.74, 6) is 0. The monoisotopic (exact) mass is 243 g/mol. The molecule has 0 saturated carbocycles. The molecule has 88 valence electrons. The Morgan fingerprint density at radius 3 is 2.31 bits per heavy atom. The molecule has 1 rings (SSSR count). The number of rotatable bonds is 4. The van der Waals surface area contributed by atoms with Crippen molar-refractivity contribution in [3.05, 3.63) is 29.8 Å². The van der Waals surface area contributed by atoms with Crippen molar-refractivity contribution in [3.8, 4) is 0 Å². The average molecular weight is 243 g/mol. The fourth-order valence-corrected chi connectivity index (χ4v) is 1.85. The third-order valence-electron chi connectivity index (χ3n) is 2.04. The van der Waals surface area contributed by atoms with E-state index in [-0.39, 0.29) is 4.90 Å². The summed E-state index contributed by atoms with van der Waals surface area (Å²) in [7, 11) is -3.16. The van der Waals surface area contributed by atoms with Crippen molar-refractivity contribution in [2.75, 3.05) is 12.8 Å². The Balaban J connectivity index is 2.62. The first-order chi connectivity index (χ1) is 7.39. The maximum atomic E-state index is 11.2. The van der Waals surface area contributed by atoms with Crippen LogP contribution in [0.1, 0.15) is 5.56 Å². The molecule has 0 heterocycles. The van der Waals surface area contributed by atoms with Crippen LogP contribution in [0.5, 0.6) is 0 Å². The first-order valence-electron chi connectivity index (χ1n) is 4.65. The van der Waals surface area contributed by atoms with Crippen molar-refractivity contribution >= 4 is 15.9 Å². The first kappa shape index (κ1) is 12.5. The van der Waals surface area contributed by atoms with Crippen molar-refractivity contribution in [3.63, 3.8) is 0 Å². The van der Waals surface area contributed by atoms with E-state index in [1.807, 2.05) is 0 Å². The molecule has 6 heteroatoms. The van der Waals surface area contributed by atoms with Gasteiger partial charge in [0, 0.05) is 12.8 Å². The van der Waals surface area contributed by atoms with Crippen LogP contribution in [-0.4, -0.2) is 32.4 Å². The van der Waals surface area contributed by atoms with E-state index in [0.29, 0.717) is 13.0 Å². The highest BCUT2D eigenvalue weighted by atomic mass is 32.2. The van der Waals surface area contributed by atoms with Gasteiger partial charge in [0.25, 0.3) is 0 Å². The fraction of sp³-hybridized carbons (Fsp3) is 0.300. The molecular weight excluding hydrogens is 230 g/mol. The third-order valence-corrected chi connectivity index (χ3v) is 3.17. The molecule has 0 bridgehead atoms. The van der Waals surface area contributed by atoms with Crippen LogP contribution in [0.4, 0.5) is 4.79 Å². The zero-order chi connectivity index (χ0) is 12.2. The Bertz CT molecular complexity index is 464. The predicted molar refractivity (Wildman–Crippen MR) is 59.3 cm³/mol. The lowest BCUT2D eigenvalue weighted by Gasteiger charge is -2.03. The summed E-state index contributed by atoms with van der Waals surface area (Å²) >= 11 is 0. The van der Waals surface area contributed by atoms with E-state index in [9.17, 15) is 13.2 Å². The summed E-state index contributed by atoms with van der Waals surface area (Å²) in [6, 6.07) is 6.40. The van der Waals surface area contributed by atoms with Crippen LogP contribution in [0.2, 0.25) is 0 Å². The lowest BCUT2D eigenvalue weighted by atomic mass is 10.1. The Morgan fingerprint density at radius 1 is 1.31 bits per heavy atom. The molecule has 1 aromatic carbocycles. The first-order valence-corrected chi connectivity index (χ1v) is 6.54. The van der Waals surface area contributed by atoms with Crippen molar-refractivity contribution in [2.24, 2.45) is 0 Å². The number of carboxylic acid groups (broad SMARTS) is 1. The van der Waals surface area contributed by atoms with Gasteiger partial charge in [-0.05, 0) is 24.1 Å². The third kappa shape index (κ3) is 3.90. The van der Waals surface area contributed by atoms with Crippen molar-refractivity contribution in [1.82, 2.24) is 5.32 Å². The number of benzene rings is 1. The zero-order valence-electron chi connectivity index (χ0n) is 8.80. The minimum absolute atomic E-state index is 0.266. The number of carbonyl (C=O) groups is 1. The number of amides is 1. The van der Waals surface area contributed by atoms with Gasteiger partial charge in [-0.25, -0.2) is 13.2 Å². The van der Waals surface area contributed by atoms with Crippen molar-refractivity contribution < 1.29 is 18.3 Å². The van der Waals surface area contributed by atoms with Crippen LogP contribution in [0.25, 0.3) is 0 Å². The highest BCUT2D eigenvalue weighted by Crippen LogP contribution is 2.10. The van der Waals surface area contributed by atoms with Crippen LogP contribution in [0, 0.1) is 0 Å². The van der Waals surface area contributed by atoms with E-state index in [1.165, 1.54) is 12.1 Å². The van der Waals surface area contributed by atoms with Gasteiger partial charge in [0.15, 0.2) is 9.84 Å². The van der Waals surface area contributed by atoms with Gasteiger partial charge in [-0.1, -0.05) is 12.1 Å². The van der Waals surface area contributed by atoms with Crippen molar-refractivity contribution in [2.45, 2.75) is 11.3 Å². The number of hydrogen-bond donors (Lipinski definition) is 2. The van der Waals surface area contributed by atoms with Crippen LogP contribution in [0.3, 0.4) is 0 Å². The minimum Gasteiger partial charge on any atom is -0.465 e. The Hall–Kier alpha value is -1.56. The van der Waals surface area contributed by atoms with E-state index in [0.717, 1.165) is 11.8 Å². The summed E-state index contributed by atoms with van der Waals surface area (Å²) in [6.07, 6.45) is 0.623. The van der Waals surface area contributed by atoms with Crippen LogP contribution in [-0.2, 0) is 16.3 Å². The summed E-state index contributed by atoms with van der Waals surface area (Å²) < 4.78 is 22.3. The Morgan fingerprint density at radius 2 is 1.88 bits per heavy atom. The molecule has 1 amide bonds. The van der Waals surface area contributed by atoms with Gasteiger partial charge in [0.1, 0.15) is 0 Å².